The van der Waals surface area contributed by atoms with Gasteiger partial charge in [-0.25, -0.2) is 4.98 Å². The first-order valence-corrected chi connectivity index (χ1v) is 8.62. The summed E-state index contributed by atoms with van der Waals surface area (Å²) in [5.41, 5.74) is 1.15. The van der Waals surface area contributed by atoms with Gasteiger partial charge in [0.2, 0.25) is 5.91 Å². The van der Waals surface area contributed by atoms with Crippen LogP contribution in [-0.4, -0.2) is 17.4 Å². The Balaban J connectivity index is 1.65. The number of aromatic nitrogens is 1. The van der Waals surface area contributed by atoms with E-state index in [1.807, 2.05) is 25.1 Å². The van der Waals surface area contributed by atoms with Crippen molar-refractivity contribution in [1.29, 1.82) is 0 Å². The lowest BCUT2D eigenvalue weighted by Crippen LogP contribution is -2.30. The second kappa shape index (κ2) is 7.83. The molecule has 0 saturated heterocycles. The van der Waals surface area contributed by atoms with Crippen molar-refractivity contribution in [2.24, 2.45) is 0 Å². The summed E-state index contributed by atoms with van der Waals surface area (Å²) < 4.78 is 0. The predicted octanol–water partition coefficient (Wildman–Crippen LogP) is 4.83. The fourth-order valence-corrected chi connectivity index (χ4v) is 3.09. The van der Waals surface area contributed by atoms with Crippen LogP contribution in [-0.2, 0) is 4.79 Å². The average molecular weight is 374 g/mol. The standard InChI is InChI=1S/C19H17Cl2N3O/c1-12(15-8-4-6-13-5-2-3-7-16(13)15)22-11-18(25)24-19-17(21)9-14(20)10-23-19/h2-10,12,22H,11H2,1H3,(H,23,24,25)/t12-/m1/s1. The van der Waals surface area contributed by atoms with Gasteiger partial charge in [0.15, 0.2) is 5.82 Å². The van der Waals surface area contributed by atoms with Crippen LogP contribution in [0.5, 0.6) is 0 Å². The van der Waals surface area contributed by atoms with Crippen molar-refractivity contribution in [1.82, 2.24) is 10.3 Å². The third kappa shape index (κ3) is 4.28. The Morgan fingerprint density at radius 1 is 1.16 bits per heavy atom. The first-order valence-electron chi connectivity index (χ1n) is 7.86. The molecule has 0 spiro atoms. The molecule has 25 heavy (non-hydrogen) atoms. The number of carbonyl (C=O) groups excluding carboxylic acids is 1. The van der Waals surface area contributed by atoms with Crippen LogP contribution in [0.2, 0.25) is 10.0 Å². The second-order valence-electron chi connectivity index (χ2n) is 5.70. The minimum absolute atomic E-state index is 0.0190. The Hall–Kier alpha value is -2.14. The van der Waals surface area contributed by atoms with Gasteiger partial charge in [-0.1, -0.05) is 65.7 Å². The molecule has 1 amide bonds. The molecule has 0 unspecified atom stereocenters. The zero-order valence-electron chi connectivity index (χ0n) is 13.6. The van der Waals surface area contributed by atoms with Crippen molar-refractivity contribution in [3.8, 4) is 0 Å². The van der Waals surface area contributed by atoms with E-state index in [0.717, 1.165) is 5.56 Å². The monoisotopic (exact) mass is 373 g/mol. The van der Waals surface area contributed by atoms with Crippen LogP contribution in [0.25, 0.3) is 10.8 Å². The number of anilines is 1. The highest BCUT2D eigenvalue weighted by Gasteiger charge is 2.12. The van der Waals surface area contributed by atoms with E-state index in [4.69, 9.17) is 23.2 Å². The van der Waals surface area contributed by atoms with Gasteiger partial charge in [0.25, 0.3) is 0 Å². The minimum atomic E-state index is -0.219. The van der Waals surface area contributed by atoms with Crippen LogP contribution in [0.4, 0.5) is 5.82 Å². The molecule has 0 bridgehead atoms. The van der Waals surface area contributed by atoms with E-state index in [1.54, 1.807) is 0 Å². The third-order valence-corrected chi connectivity index (χ3v) is 4.42. The number of nitrogens with zero attached hydrogens (tertiary/aromatic N) is 1. The van der Waals surface area contributed by atoms with Gasteiger partial charge in [0.05, 0.1) is 16.6 Å². The fourth-order valence-electron chi connectivity index (χ4n) is 2.67. The van der Waals surface area contributed by atoms with E-state index >= 15 is 0 Å². The molecule has 2 N–H and O–H groups in total. The summed E-state index contributed by atoms with van der Waals surface area (Å²) in [5.74, 6) is 0.0829. The lowest BCUT2D eigenvalue weighted by atomic mass is 10.00. The topological polar surface area (TPSA) is 54.0 Å². The molecule has 0 saturated carbocycles. The molecule has 1 atom stereocenters. The van der Waals surface area contributed by atoms with Crippen LogP contribution in [0.1, 0.15) is 18.5 Å². The molecule has 1 heterocycles. The normalized spacial score (nSPS) is 12.1. The van der Waals surface area contributed by atoms with Gasteiger partial charge in [-0.05, 0) is 29.3 Å². The van der Waals surface area contributed by atoms with Gasteiger partial charge in [0, 0.05) is 12.2 Å². The summed E-state index contributed by atoms with van der Waals surface area (Å²) in [6, 6.07) is 15.9. The molecule has 0 aliphatic carbocycles. The Bertz CT molecular complexity index is 909. The molecule has 0 aliphatic rings. The zero-order valence-corrected chi connectivity index (χ0v) is 15.1. The SMILES string of the molecule is C[C@@H](NCC(=O)Nc1ncc(Cl)cc1Cl)c1cccc2ccccc12. The van der Waals surface area contributed by atoms with Gasteiger partial charge in [0.1, 0.15) is 0 Å². The first kappa shape index (κ1) is 17.7. The third-order valence-electron chi connectivity index (χ3n) is 3.92. The van der Waals surface area contributed by atoms with Crippen LogP contribution < -0.4 is 10.6 Å². The molecule has 0 fully saturated rings. The molecule has 6 heteroatoms. The number of halogens is 2. The smallest absolute Gasteiger partial charge is 0.239 e. The fraction of sp³-hybridized carbons (Fsp3) is 0.158. The van der Waals surface area contributed by atoms with Gasteiger partial charge in [-0.3, -0.25) is 4.79 Å². The maximum atomic E-state index is 12.1. The van der Waals surface area contributed by atoms with E-state index in [9.17, 15) is 4.79 Å². The second-order valence-corrected chi connectivity index (χ2v) is 6.55. The number of carbonyl (C=O) groups is 1. The van der Waals surface area contributed by atoms with E-state index in [0.29, 0.717) is 15.9 Å². The van der Waals surface area contributed by atoms with E-state index in [1.165, 1.54) is 23.0 Å². The van der Waals surface area contributed by atoms with E-state index < -0.39 is 0 Å². The van der Waals surface area contributed by atoms with Crippen LogP contribution in [0, 0.1) is 0 Å². The van der Waals surface area contributed by atoms with Gasteiger partial charge in [-0.15, -0.1) is 0 Å². The van der Waals surface area contributed by atoms with Gasteiger partial charge >= 0.3 is 0 Å². The molecule has 0 aliphatic heterocycles. The lowest BCUT2D eigenvalue weighted by Gasteiger charge is -2.16. The van der Waals surface area contributed by atoms with Crippen LogP contribution >= 0.6 is 23.2 Å². The number of hydrogen-bond donors (Lipinski definition) is 2. The van der Waals surface area contributed by atoms with Gasteiger partial charge < -0.3 is 10.6 Å². The predicted molar refractivity (Wildman–Crippen MR) is 103 cm³/mol. The summed E-state index contributed by atoms with van der Waals surface area (Å²) in [4.78, 5) is 16.2. The maximum Gasteiger partial charge on any atom is 0.239 e. The van der Waals surface area contributed by atoms with Crippen LogP contribution in [0.3, 0.4) is 0 Å². The van der Waals surface area contributed by atoms with E-state index in [-0.39, 0.29) is 18.5 Å². The molecule has 3 rings (SSSR count). The zero-order chi connectivity index (χ0) is 17.8. The highest BCUT2D eigenvalue weighted by molar-refractivity contribution is 6.36. The van der Waals surface area contributed by atoms with Crippen molar-refractivity contribution in [3.63, 3.8) is 0 Å². The number of pyridine rings is 1. The Labute approximate surface area is 156 Å². The Kier molecular flexibility index (Phi) is 5.53. The number of benzene rings is 2. The van der Waals surface area contributed by atoms with Crippen molar-refractivity contribution >= 4 is 45.7 Å². The van der Waals surface area contributed by atoms with Crippen molar-refractivity contribution < 1.29 is 4.79 Å². The maximum absolute atomic E-state index is 12.1. The highest BCUT2D eigenvalue weighted by atomic mass is 35.5. The van der Waals surface area contributed by atoms with E-state index in [2.05, 4.69) is 39.9 Å². The van der Waals surface area contributed by atoms with Crippen molar-refractivity contribution in [2.75, 3.05) is 11.9 Å². The lowest BCUT2D eigenvalue weighted by molar-refractivity contribution is -0.115. The molecule has 1 aromatic heterocycles. The van der Waals surface area contributed by atoms with Crippen molar-refractivity contribution in [2.45, 2.75) is 13.0 Å². The number of nitrogens with one attached hydrogen (secondary N) is 2. The number of rotatable bonds is 5. The quantitative estimate of drug-likeness (QED) is 0.673. The summed E-state index contributed by atoms with van der Waals surface area (Å²) >= 11 is 11.8. The average Bonchev–Trinajstić information content (AvgIpc) is 2.61. The summed E-state index contributed by atoms with van der Waals surface area (Å²) in [6.07, 6.45) is 1.44. The molecular weight excluding hydrogens is 357 g/mol. The molecule has 128 valence electrons. The largest absolute Gasteiger partial charge is 0.308 e. The van der Waals surface area contributed by atoms with Gasteiger partial charge in [-0.2, -0.15) is 0 Å². The molecule has 2 aromatic carbocycles. The summed E-state index contributed by atoms with van der Waals surface area (Å²) in [6.45, 7) is 2.17. The summed E-state index contributed by atoms with van der Waals surface area (Å²) in [5, 5.41) is 8.99. The van der Waals surface area contributed by atoms with Crippen molar-refractivity contribution in [3.05, 3.63) is 70.3 Å². The number of amides is 1. The number of hydrogen-bond acceptors (Lipinski definition) is 3. The number of fused-ring (bicyclic) bond motifs is 1. The first-order chi connectivity index (χ1) is 12.0. The Morgan fingerprint density at radius 3 is 2.72 bits per heavy atom. The van der Waals surface area contributed by atoms with Crippen LogP contribution in [0.15, 0.2) is 54.7 Å². The Morgan fingerprint density at radius 2 is 1.92 bits per heavy atom. The molecule has 3 aromatic rings. The highest BCUT2D eigenvalue weighted by Crippen LogP contribution is 2.24. The molecular formula is C19H17Cl2N3O. The summed E-state index contributed by atoms with van der Waals surface area (Å²) in [7, 11) is 0. The molecule has 0 radical (unpaired) electrons. The molecule has 4 nitrogen and oxygen atoms in total. The minimum Gasteiger partial charge on any atom is -0.308 e.